The highest BCUT2D eigenvalue weighted by Crippen LogP contribution is 2.41. The number of nitrogens with zero attached hydrogens (tertiary/aromatic N) is 2. The Bertz CT molecular complexity index is 785. The molecule has 1 N–H and O–H groups in total. The van der Waals surface area contributed by atoms with Crippen molar-refractivity contribution in [1.82, 2.24) is 14.9 Å². The Hall–Kier alpha value is -1.45. The van der Waals surface area contributed by atoms with Crippen LogP contribution >= 0.6 is 22.6 Å². The molecule has 0 unspecified atom stereocenters. The maximum atomic E-state index is 14.0. The third-order valence-electron chi connectivity index (χ3n) is 3.68. The molecule has 1 fully saturated rings. The molecule has 0 spiro atoms. The number of halogens is 3. The number of benzene rings is 1. The second-order valence-corrected chi connectivity index (χ2v) is 8.21. The number of alkyl halides is 2. The lowest BCUT2D eigenvalue weighted by Gasteiger charge is -2.27. The molecule has 0 bridgehead atoms. The Morgan fingerprint density at radius 1 is 1.46 bits per heavy atom. The van der Waals surface area contributed by atoms with E-state index < -0.39 is 36.6 Å². The molecule has 3 rings (SSSR count). The molecule has 1 atom stereocenters. The lowest BCUT2D eigenvalue weighted by atomic mass is 10.2. The van der Waals surface area contributed by atoms with Gasteiger partial charge in [-0.1, -0.05) is 0 Å². The van der Waals surface area contributed by atoms with Gasteiger partial charge >= 0.3 is 6.09 Å². The third-order valence-corrected chi connectivity index (χ3v) is 4.35. The van der Waals surface area contributed by atoms with E-state index in [0.717, 1.165) is 14.0 Å². The van der Waals surface area contributed by atoms with Gasteiger partial charge in [0.25, 0.3) is 5.92 Å². The summed E-state index contributed by atoms with van der Waals surface area (Å²) in [6, 6.07) is 4.77. The van der Waals surface area contributed by atoms with E-state index in [0.29, 0.717) is 11.3 Å². The number of nitrogens with one attached hydrogen (secondary N) is 1. The summed E-state index contributed by atoms with van der Waals surface area (Å²) in [6.45, 7) is 4.45. The number of aromatic amines is 1. The Morgan fingerprint density at radius 2 is 2.17 bits per heavy atom. The van der Waals surface area contributed by atoms with Crippen molar-refractivity contribution in [1.29, 1.82) is 0 Å². The minimum absolute atomic E-state index is 0.357. The first-order chi connectivity index (χ1) is 11.0. The highest BCUT2D eigenvalue weighted by molar-refractivity contribution is 14.1. The molecule has 2 aromatic rings. The first kappa shape index (κ1) is 17.4. The van der Waals surface area contributed by atoms with Crippen molar-refractivity contribution in [2.24, 2.45) is 0 Å². The first-order valence-electron chi connectivity index (χ1n) is 7.57. The van der Waals surface area contributed by atoms with Crippen molar-refractivity contribution in [3.8, 4) is 0 Å². The maximum Gasteiger partial charge on any atom is 0.411 e. The standard InChI is InChI=1S/C16H18F2IN3O2/c1-15(2,3)24-14(23)22-8-16(17,18)7-12(22)13-20-10-5-4-9(19)6-11(10)21-13/h4-6,12H,7-8H2,1-3H3,(H,20,21)/t12-/m0/s1. The highest BCUT2D eigenvalue weighted by Gasteiger charge is 2.50. The monoisotopic (exact) mass is 449 g/mol. The second-order valence-electron chi connectivity index (χ2n) is 6.97. The van der Waals surface area contributed by atoms with Crippen LogP contribution in [0.15, 0.2) is 18.2 Å². The molecule has 1 aromatic carbocycles. The zero-order chi connectivity index (χ0) is 17.7. The third kappa shape index (κ3) is 3.62. The maximum absolute atomic E-state index is 14.0. The summed E-state index contributed by atoms with van der Waals surface area (Å²) in [5.41, 5.74) is 0.699. The summed E-state index contributed by atoms with van der Waals surface area (Å²) in [5.74, 6) is -2.61. The van der Waals surface area contributed by atoms with Gasteiger partial charge in [0.15, 0.2) is 0 Å². The Morgan fingerprint density at radius 3 is 2.83 bits per heavy atom. The van der Waals surface area contributed by atoms with Gasteiger partial charge in [-0.25, -0.2) is 18.6 Å². The fourth-order valence-corrected chi connectivity index (χ4v) is 3.22. The lowest BCUT2D eigenvalue weighted by molar-refractivity contribution is -0.00248. The molecule has 0 radical (unpaired) electrons. The molecule has 1 amide bonds. The molecule has 0 aliphatic carbocycles. The number of aromatic nitrogens is 2. The molecule has 1 aliphatic rings. The average molecular weight is 449 g/mol. The van der Waals surface area contributed by atoms with E-state index in [4.69, 9.17) is 4.74 Å². The summed E-state index contributed by atoms with van der Waals surface area (Å²) in [5, 5.41) is 0. The average Bonchev–Trinajstić information content (AvgIpc) is 2.96. The number of rotatable bonds is 1. The number of H-pyrrole nitrogens is 1. The Balaban J connectivity index is 1.94. The Labute approximate surface area is 151 Å². The van der Waals surface area contributed by atoms with Gasteiger partial charge in [0.2, 0.25) is 0 Å². The number of amides is 1. The van der Waals surface area contributed by atoms with Gasteiger partial charge in [-0.2, -0.15) is 0 Å². The van der Waals surface area contributed by atoms with Crippen molar-refractivity contribution in [3.05, 3.63) is 27.6 Å². The molecular weight excluding hydrogens is 431 g/mol. The normalized spacial score (nSPS) is 20.6. The number of carbonyl (C=O) groups excluding carboxylic acids is 1. The number of imidazole rings is 1. The molecule has 5 nitrogen and oxygen atoms in total. The van der Waals surface area contributed by atoms with Crippen LogP contribution in [0.3, 0.4) is 0 Å². The minimum Gasteiger partial charge on any atom is -0.444 e. The molecular formula is C16H18F2IN3O2. The van der Waals surface area contributed by atoms with Crippen LogP contribution < -0.4 is 0 Å². The number of likely N-dealkylation sites (tertiary alicyclic amines) is 1. The summed E-state index contributed by atoms with van der Waals surface area (Å²) in [6.07, 6.45) is -1.22. The second kappa shape index (κ2) is 5.82. The zero-order valence-electron chi connectivity index (χ0n) is 13.6. The van der Waals surface area contributed by atoms with Crippen molar-refractivity contribution < 1.29 is 18.3 Å². The van der Waals surface area contributed by atoms with Gasteiger partial charge in [0.05, 0.1) is 23.6 Å². The van der Waals surface area contributed by atoms with Crippen molar-refractivity contribution >= 4 is 39.7 Å². The number of carbonyl (C=O) groups is 1. The van der Waals surface area contributed by atoms with Crippen LogP contribution in [0.5, 0.6) is 0 Å². The molecule has 2 heterocycles. The fraction of sp³-hybridized carbons (Fsp3) is 0.500. The highest BCUT2D eigenvalue weighted by atomic mass is 127. The van der Waals surface area contributed by atoms with E-state index in [1.807, 2.05) is 18.2 Å². The van der Waals surface area contributed by atoms with Crippen LogP contribution in [0.25, 0.3) is 11.0 Å². The summed E-state index contributed by atoms with van der Waals surface area (Å²) < 4.78 is 34.2. The fourth-order valence-electron chi connectivity index (χ4n) is 2.73. The lowest BCUT2D eigenvalue weighted by Crippen LogP contribution is -2.38. The Kier molecular flexibility index (Phi) is 4.21. The quantitative estimate of drug-likeness (QED) is 0.654. The van der Waals surface area contributed by atoms with Crippen LogP contribution in [-0.2, 0) is 4.74 Å². The van der Waals surface area contributed by atoms with Gasteiger partial charge in [-0.3, -0.25) is 4.90 Å². The van der Waals surface area contributed by atoms with E-state index in [2.05, 4.69) is 32.6 Å². The van der Waals surface area contributed by atoms with Crippen molar-refractivity contribution in [3.63, 3.8) is 0 Å². The van der Waals surface area contributed by atoms with E-state index in [-0.39, 0.29) is 0 Å². The van der Waals surface area contributed by atoms with Gasteiger partial charge in [-0.15, -0.1) is 0 Å². The number of fused-ring (bicyclic) bond motifs is 1. The van der Waals surface area contributed by atoms with Gasteiger partial charge < -0.3 is 9.72 Å². The van der Waals surface area contributed by atoms with Crippen LogP contribution in [0.4, 0.5) is 13.6 Å². The van der Waals surface area contributed by atoms with Crippen LogP contribution in [0.1, 0.15) is 39.1 Å². The van der Waals surface area contributed by atoms with E-state index in [1.54, 1.807) is 20.8 Å². The SMILES string of the molecule is CC(C)(C)OC(=O)N1CC(F)(F)C[C@H]1c1nc2ccc(I)cc2[nH]1. The van der Waals surface area contributed by atoms with E-state index in [9.17, 15) is 13.6 Å². The van der Waals surface area contributed by atoms with Gasteiger partial charge in [0, 0.05) is 9.99 Å². The van der Waals surface area contributed by atoms with Gasteiger partial charge in [-0.05, 0) is 61.6 Å². The first-order valence-corrected chi connectivity index (χ1v) is 8.65. The predicted octanol–water partition coefficient (Wildman–Crippen LogP) is 4.48. The largest absolute Gasteiger partial charge is 0.444 e. The predicted molar refractivity (Wildman–Crippen MR) is 94.1 cm³/mol. The molecule has 1 saturated heterocycles. The molecule has 24 heavy (non-hydrogen) atoms. The zero-order valence-corrected chi connectivity index (χ0v) is 15.7. The van der Waals surface area contributed by atoms with Crippen molar-refractivity contribution in [2.75, 3.05) is 6.54 Å². The number of hydrogen-bond donors (Lipinski definition) is 1. The molecule has 8 heteroatoms. The number of hydrogen-bond acceptors (Lipinski definition) is 3. The van der Waals surface area contributed by atoms with E-state index in [1.165, 1.54) is 0 Å². The van der Waals surface area contributed by atoms with Gasteiger partial charge in [0.1, 0.15) is 11.4 Å². The smallest absolute Gasteiger partial charge is 0.411 e. The minimum atomic E-state index is -2.96. The van der Waals surface area contributed by atoms with Crippen LogP contribution in [-0.4, -0.2) is 39.0 Å². The molecule has 1 aromatic heterocycles. The van der Waals surface area contributed by atoms with Crippen LogP contribution in [0.2, 0.25) is 0 Å². The van der Waals surface area contributed by atoms with E-state index >= 15 is 0 Å². The molecule has 0 saturated carbocycles. The number of ether oxygens (including phenoxy) is 1. The summed E-state index contributed by atoms with van der Waals surface area (Å²) in [4.78, 5) is 20.8. The van der Waals surface area contributed by atoms with Crippen LogP contribution in [0, 0.1) is 3.57 Å². The summed E-state index contributed by atoms with van der Waals surface area (Å²) in [7, 11) is 0. The topological polar surface area (TPSA) is 58.2 Å². The molecule has 1 aliphatic heterocycles. The summed E-state index contributed by atoms with van der Waals surface area (Å²) >= 11 is 2.17. The molecule has 130 valence electrons. The van der Waals surface area contributed by atoms with Crippen molar-refractivity contribution in [2.45, 2.75) is 44.8 Å².